The van der Waals surface area contributed by atoms with Crippen molar-refractivity contribution in [2.75, 3.05) is 32.4 Å². The van der Waals surface area contributed by atoms with Crippen molar-refractivity contribution >= 4 is 10.0 Å². The Bertz CT molecular complexity index is 318. The zero-order valence-electron chi connectivity index (χ0n) is 10.8. The fourth-order valence-corrected chi connectivity index (χ4v) is 2.57. The van der Waals surface area contributed by atoms with Gasteiger partial charge in [-0.15, -0.1) is 0 Å². The maximum atomic E-state index is 12.0. The number of hydrogen-bond donors (Lipinski definition) is 1. The van der Waals surface area contributed by atoms with Crippen LogP contribution in [0.3, 0.4) is 0 Å². The van der Waals surface area contributed by atoms with Gasteiger partial charge in [-0.05, 0) is 32.4 Å². The number of nitrogens with zero attached hydrogens (tertiary/aromatic N) is 1. The Kier molecular flexibility index (Phi) is 7.81. The molecule has 0 radical (unpaired) electrons. The maximum Gasteiger partial charge on any atom is 0.402 e. The standard InChI is InChI=1S/C10H21F3N2O2S/c1-3-6-14-7-4-5-8-18(16,17)15(2)9-10(11,12)13/h14H,3-9H2,1-2H3. The second-order valence-corrected chi connectivity index (χ2v) is 6.34. The largest absolute Gasteiger partial charge is 0.402 e. The zero-order valence-corrected chi connectivity index (χ0v) is 11.6. The molecule has 0 saturated heterocycles. The van der Waals surface area contributed by atoms with Crippen LogP contribution in [-0.4, -0.2) is 51.3 Å². The molecule has 0 bridgehead atoms. The van der Waals surface area contributed by atoms with Crippen LogP contribution in [0.1, 0.15) is 26.2 Å². The van der Waals surface area contributed by atoms with E-state index in [1.54, 1.807) is 0 Å². The first-order valence-corrected chi connectivity index (χ1v) is 7.51. The van der Waals surface area contributed by atoms with Crippen LogP contribution in [0.2, 0.25) is 0 Å². The minimum atomic E-state index is -4.50. The van der Waals surface area contributed by atoms with E-state index in [9.17, 15) is 21.6 Å². The van der Waals surface area contributed by atoms with Gasteiger partial charge in [0.05, 0.1) is 5.75 Å². The van der Waals surface area contributed by atoms with Gasteiger partial charge in [-0.3, -0.25) is 0 Å². The van der Waals surface area contributed by atoms with E-state index in [0.717, 1.165) is 20.0 Å². The van der Waals surface area contributed by atoms with E-state index in [1.165, 1.54) is 0 Å². The van der Waals surface area contributed by atoms with Gasteiger partial charge >= 0.3 is 6.18 Å². The summed E-state index contributed by atoms with van der Waals surface area (Å²) >= 11 is 0. The molecule has 0 aliphatic carbocycles. The lowest BCUT2D eigenvalue weighted by Gasteiger charge is -2.18. The molecule has 0 heterocycles. The molecule has 0 amide bonds. The summed E-state index contributed by atoms with van der Waals surface area (Å²) in [6.07, 6.45) is -2.50. The molecular weight excluding hydrogens is 269 g/mol. The van der Waals surface area contributed by atoms with Gasteiger partial charge in [0, 0.05) is 7.05 Å². The lowest BCUT2D eigenvalue weighted by atomic mass is 10.3. The molecule has 4 nitrogen and oxygen atoms in total. The fraction of sp³-hybridized carbons (Fsp3) is 1.00. The van der Waals surface area contributed by atoms with Crippen LogP contribution in [0.4, 0.5) is 13.2 Å². The van der Waals surface area contributed by atoms with Crippen molar-refractivity contribution in [2.45, 2.75) is 32.4 Å². The Labute approximate surface area is 107 Å². The average Bonchev–Trinajstić information content (AvgIpc) is 2.20. The van der Waals surface area contributed by atoms with E-state index < -0.39 is 22.7 Å². The molecule has 0 aromatic rings. The molecule has 0 aromatic heterocycles. The van der Waals surface area contributed by atoms with Gasteiger partial charge in [0.1, 0.15) is 6.54 Å². The molecule has 110 valence electrons. The Morgan fingerprint density at radius 1 is 1.17 bits per heavy atom. The highest BCUT2D eigenvalue weighted by Crippen LogP contribution is 2.17. The highest BCUT2D eigenvalue weighted by Gasteiger charge is 2.33. The van der Waals surface area contributed by atoms with Gasteiger partial charge in [0.25, 0.3) is 0 Å². The zero-order chi connectivity index (χ0) is 14.2. The third-order valence-corrected chi connectivity index (χ3v) is 4.19. The van der Waals surface area contributed by atoms with Crippen molar-refractivity contribution in [1.82, 2.24) is 9.62 Å². The van der Waals surface area contributed by atoms with Crippen LogP contribution in [0.5, 0.6) is 0 Å². The van der Waals surface area contributed by atoms with Crippen LogP contribution < -0.4 is 5.32 Å². The number of sulfonamides is 1. The third-order valence-electron chi connectivity index (χ3n) is 2.31. The molecule has 0 atom stereocenters. The Balaban J connectivity index is 3.93. The van der Waals surface area contributed by atoms with Crippen molar-refractivity contribution in [1.29, 1.82) is 0 Å². The summed E-state index contributed by atoms with van der Waals surface area (Å²) in [5.74, 6) is -0.243. The first kappa shape index (κ1) is 17.7. The second kappa shape index (κ2) is 7.96. The van der Waals surface area contributed by atoms with E-state index in [1.807, 2.05) is 6.92 Å². The molecule has 0 aromatic carbocycles. The van der Waals surface area contributed by atoms with E-state index in [2.05, 4.69) is 5.32 Å². The molecule has 1 N–H and O–H groups in total. The van der Waals surface area contributed by atoms with Gasteiger partial charge in [-0.1, -0.05) is 6.92 Å². The normalized spacial score (nSPS) is 13.2. The number of halogens is 3. The molecule has 0 fully saturated rings. The maximum absolute atomic E-state index is 12.0. The Hall–Kier alpha value is -0.340. The minimum absolute atomic E-state index is 0.243. The van der Waals surface area contributed by atoms with Crippen molar-refractivity contribution in [3.63, 3.8) is 0 Å². The molecular formula is C10H21F3N2O2S. The van der Waals surface area contributed by atoms with Gasteiger partial charge < -0.3 is 5.32 Å². The summed E-state index contributed by atoms with van der Waals surface area (Å²) < 4.78 is 59.5. The van der Waals surface area contributed by atoms with Crippen LogP contribution in [0.15, 0.2) is 0 Å². The molecule has 0 spiro atoms. The first-order chi connectivity index (χ1) is 8.19. The highest BCUT2D eigenvalue weighted by molar-refractivity contribution is 7.89. The summed E-state index contributed by atoms with van der Waals surface area (Å²) in [5, 5.41) is 3.10. The van der Waals surface area contributed by atoms with Crippen molar-refractivity contribution in [3.8, 4) is 0 Å². The average molecular weight is 290 g/mol. The number of rotatable bonds is 9. The summed E-state index contributed by atoms with van der Waals surface area (Å²) in [7, 11) is -2.84. The van der Waals surface area contributed by atoms with Gasteiger partial charge in [-0.2, -0.15) is 17.5 Å². The molecule has 0 saturated carbocycles. The molecule has 0 unspecified atom stereocenters. The number of unbranched alkanes of at least 4 members (excludes halogenated alkanes) is 1. The highest BCUT2D eigenvalue weighted by atomic mass is 32.2. The number of nitrogens with one attached hydrogen (secondary N) is 1. The topological polar surface area (TPSA) is 49.4 Å². The molecule has 18 heavy (non-hydrogen) atoms. The number of alkyl halides is 3. The van der Waals surface area contributed by atoms with Gasteiger partial charge in [0.2, 0.25) is 10.0 Å². The van der Waals surface area contributed by atoms with E-state index >= 15 is 0 Å². The SMILES string of the molecule is CCCNCCCCS(=O)(=O)N(C)CC(F)(F)F. The minimum Gasteiger partial charge on any atom is -0.317 e. The lowest BCUT2D eigenvalue weighted by molar-refractivity contribution is -0.134. The quantitative estimate of drug-likeness (QED) is 0.656. The Morgan fingerprint density at radius 3 is 2.28 bits per heavy atom. The van der Waals surface area contributed by atoms with Gasteiger partial charge in [-0.25, -0.2) is 8.42 Å². The first-order valence-electron chi connectivity index (χ1n) is 5.90. The monoisotopic (exact) mass is 290 g/mol. The van der Waals surface area contributed by atoms with Crippen LogP contribution in [0, 0.1) is 0 Å². The van der Waals surface area contributed by atoms with Crippen molar-refractivity contribution in [3.05, 3.63) is 0 Å². The smallest absolute Gasteiger partial charge is 0.317 e. The van der Waals surface area contributed by atoms with Crippen molar-refractivity contribution in [2.24, 2.45) is 0 Å². The predicted octanol–water partition coefficient (Wildman–Crippen LogP) is 1.59. The summed E-state index contributed by atoms with van der Waals surface area (Å²) in [4.78, 5) is 0. The van der Waals surface area contributed by atoms with Crippen LogP contribution in [-0.2, 0) is 10.0 Å². The van der Waals surface area contributed by atoms with E-state index in [0.29, 0.717) is 23.7 Å². The fourth-order valence-electron chi connectivity index (χ4n) is 1.34. The predicted molar refractivity (Wildman–Crippen MR) is 64.9 cm³/mol. The molecule has 0 aliphatic rings. The van der Waals surface area contributed by atoms with E-state index in [4.69, 9.17) is 0 Å². The third kappa shape index (κ3) is 8.71. The molecule has 0 rings (SSSR count). The molecule has 0 aliphatic heterocycles. The van der Waals surface area contributed by atoms with E-state index in [-0.39, 0.29) is 5.75 Å². The van der Waals surface area contributed by atoms with Crippen LogP contribution >= 0.6 is 0 Å². The summed E-state index contributed by atoms with van der Waals surface area (Å²) in [6, 6.07) is 0. The summed E-state index contributed by atoms with van der Waals surface area (Å²) in [5.41, 5.74) is 0. The van der Waals surface area contributed by atoms with Crippen molar-refractivity contribution < 1.29 is 21.6 Å². The lowest BCUT2D eigenvalue weighted by Crippen LogP contribution is -2.37. The Morgan fingerprint density at radius 2 is 1.78 bits per heavy atom. The van der Waals surface area contributed by atoms with Crippen LogP contribution in [0.25, 0.3) is 0 Å². The summed E-state index contributed by atoms with van der Waals surface area (Å²) in [6.45, 7) is 2.14. The molecule has 8 heteroatoms. The van der Waals surface area contributed by atoms with Gasteiger partial charge in [0.15, 0.2) is 0 Å². The number of hydrogen-bond acceptors (Lipinski definition) is 3. The second-order valence-electron chi connectivity index (χ2n) is 4.14.